The minimum Gasteiger partial charge on any atom is -0.481 e. The van der Waals surface area contributed by atoms with E-state index in [4.69, 9.17) is 10.8 Å². The number of nitrogens with one attached hydrogen (secondary N) is 3. The van der Waals surface area contributed by atoms with Gasteiger partial charge in [-0.3, -0.25) is 19.2 Å². The smallest absolute Gasteiger partial charge is 0.326 e. The van der Waals surface area contributed by atoms with Crippen molar-refractivity contribution in [1.82, 2.24) is 16.0 Å². The summed E-state index contributed by atoms with van der Waals surface area (Å²) < 4.78 is 0. The molecule has 0 bridgehead atoms. The van der Waals surface area contributed by atoms with Crippen LogP contribution in [0.2, 0.25) is 0 Å². The van der Waals surface area contributed by atoms with E-state index in [1.807, 2.05) is 0 Å². The quantitative estimate of drug-likeness (QED) is 0.235. The molecule has 0 aromatic carbocycles. The van der Waals surface area contributed by atoms with Crippen LogP contribution in [0.1, 0.15) is 47.0 Å². The topological polar surface area (TPSA) is 188 Å². The van der Waals surface area contributed by atoms with Gasteiger partial charge in [0.15, 0.2) is 0 Å². The summed E-state index contributed by atoms with van der Waals surface area (Å²) in [5.74, 6) is -4.53. The van der Waals surface area contributed by atoms with Gasteiger partial charge in [0, 0.05) is 6.42 Å². The molecule has 0 aliphatic heterocycles. The Morgan fingerprint density at radius 2 is 1.36 bits per heavy atom. The first-order valence-corrected chi connectivity index (χ1v) is 8.96. The first-order chi connectivity index (χ1) is 12.8. The Labute approximate surface area is 163 Å². The van der Waals surface area contributed by atoms with Crippen LogP contribution in [0.4, 0.5) is 0 Å². The Morgan fingerprint density at radius 1 is 0.821 bits per heavy atom. The Kier molecular flexibility index (Phi) is 10.8. The number of rotatable bonds is 12. The van der Waals surface area contributed by atoms with Crippen LogP contribution in [0.5, 0.6) is 0 Å². The molecule has 4 atom stereocenters. The third-order valence-electron chi connectivity index (χ3n) is 3.77. The van der Waals surface area contributed by atoms with E-state index >= 15 is 0 Å². The summed E-state index contributed by atoms with van der Waals surface area (Å²) >= 11 is 0. The first-order valence-electron chi connectivity index (χ1n) is 8.96. The Bertz CT molecular complexity index is 592. The Hall–Kier alpha value is -2.69. The molecule has 28 heavy (non-hydrogen) atoms. The maximum atomic E-state index is 12.5. The third kappa shape index (κ3) is 9.86. The highest BCUT2D eigenvalue weighted by atomic mass is 16.4. The lowest BCUT2D eigenvalue weighted by Crippen LogP contribution is -2.56. The molecule has 0 rings (SSSR count). The number of hydrogen-bond acceptors (Lipinski definition) is 6. The van der Waals surface area contributed by atoms with Gasteiger partial charge in [-0.25, -0.2) is 4.79 Å². The van der Waals surface area contributed by atoms with Crippen molar-refractivity contribution in [3.63, 3.8) is 0 Å². The largest absolute Gasteiger partial charge is 0.481 e. The van der Waals surface area contributed by atoms with Crippen molar-refractivity contribution in [2.75, 3.05) is 0 Å². The molecule has 0 heterocycles. The van der Waals surface area contributed by atoms with Gasteiger partial charge in [-0.1, -0.05) is 13.8 Å². The van der Waals surface area contributed by atoms with Crippen molar-refractivity contribution < 1.29 is 34.2 Å². The molecule has 3 amide bonds. The summed E-state index contributed by atoms with van der Waals surface area (Å²) in [7, 11) is 0. The van der Waals surface area contributed by atoms with Gasteiger partial charge in [0.05, 0.1) is 6.04 Å². The molecule has 4 unspecified atom stereocenters. The van der Waals surface area contributed by atoms with Crippen LogP contribution in [-0.4, -0.2) is 64.0 Å². The summed E-state index contributed by atoms with van der Waals surface area (Å²) in [4.78, 5) is 58.4. The molecule has 11 heteroatoms. The minimum absolute atomic E-state index is 0.0121. The van der Waals surface area contributed by atoms with Crippen molar-refractivity contribution in [3.8, 4) is 0 Å². The molecule has 160 valence electrons. The average Bonchev–Trinajstić information content (AvgIpc) is 2.56. The molecule has 11 nitrogen and oxygen atoms in total. The van der Waals surface area contributed by atoms with Gasteiger partial charge >= 0.3 is 11.9 Å². The maximum Gasteiger partial charge on any atom is 0.326 e. The van der Waals surface area contributed by atoms with Crippen molar-refractivity contribution in [2.24, 2.45) is 11.7 Å². The van der Waals surface area contributed by atoms with Crippen molar-refractivity contribution >= 4 is 29.7 Å². The van der Waals surface area contributed by atoms with E-state index in [1.165, 1.54) is 13.8 Å². The average molecular weight is 402 g/mol. The number of hydrogen-bond donors (Lipinski definition) is 6. The molecule has 0 spiro atoms. The minimum atomic E-state index is -1.27. The Balaban J connectivity index is 5.16. The fourth-order valence-electron chi connectivity index (χ4n) is 2.21. The van der Waals surface area contributed by atoms with Crippen LogP contribution in [-0.2, 0) is 24.0 Å². The lowest BCUT2D eigenvalue weighted by Gasteiger charge is -2.23. The lowest BCUT2D eigenvalue weighted by atomic mass is 10.0. The van der Waals surface area contributed by atoms with Gasteiger partial charge in [0.2, 0.25) is 17.7 Å². The second-order valence-corrected chi connectivity index (χ2v) is 7.04. The lowest BCUT2D eigenvalue weighted by molar-refractivity contribution is -0.143. The number of carbonyl (C=O) groups is 5. The number of carboxylic acids is 2. The van der Waals surface area contributed by atoms with Crippen molar-refractivity contribution in [1.29, 1.82) is 0 Å². The van der Waals surface area contributed by atoms with Crippen LogP contribution in [0.15, 0.2) is 0 Å². The second-order valence-electron chi connectivity index (χ2n) is 7.04. The highest BCUT2D eigenvalue weighted by Crippen LogP contribution is 2.07. The van der Waals surface area contributed by atoms with Gasteiger partial charge in [0.1, 0.15) is 18.1 Å². The highest BCUT2D eigenvalue weighted by Gasteiger charge is 2.29. The summed E-state index contributed by atoms with van der Waals surface area (Å²) in [5.41, 5.74) is 5.41. The third-order valence-corrected chi connectivity index (χ3v) is 3.77. The predicted octanol–water partition coefficient (Wildman–Crippen LogP) is -1.20. The van der Waals surface area contributed by atoms with E-state index in [9.17, 15) is 29.1 Å². The molecular formula is C17H30N4O7. The van der Waals surface area contributed by atoms with Crippen LogP contribution in [0, 0.1) is 5.92 Å². The SMILES string of the molecule is CC(C)CC(NC(=O)C(CCC(=O)O)NC(=O)C(C)NC(=O)C(C)N)C(=O)O. The van der Waals surface area contributed by atoms with E-state index in [1.54, 1.807) is 13.8 Å². The van der Waals surface area contributed by atoms with E-state index in [0.29, 0.717) is 0 Å². The van der Waals surface area contributed by atoms with Crippen molar-refractivity contribution in [3.05, 3.63) is 0 Å². The number of aliphatic carboxylic acids is 2. The zero-order valence-electron chi connectivity index (χ0n) is 16.5. The van der Waals surface area contributed by atoms with Gasteiger partial charge < -0.3 is 31.9 Å². The van der Waals surface area contributed by atoms with E-state index in [0.717, 1.165) is 0 Å². The Morgan fingerprint density at radius 3 is 1.79 bits per heavy atom. The van der Waals surface area contributed by atoms with Crippen molar-refractivity contribution in [2.45, 2.75) is 71.1 Å². The maximum absolute atomic E-state index is 12.5. The molecule has 0 fully saturated rings. The number of carboxylic acid groups (broad SMARTS) is 2. The molecule has 0 aromatic rings. The van der Waals surface area contributed by atoms with Crippen LogP contribution in [0.3, 0.4) is 0 Å². The summed E-state index contributed by atoms with van der Waals surface area (Å²) in [6.07, 6.45) is -0.489. The monoisotopic (exact) mass is 402 g/mol. The van der Waals surface area contributed by atoms with Crippen LogP contribution >= 0.6 is 0 Å². The van der Waals surface area contributed by atoms with Crippen LogP contribution in [0.25, 0.3) is 0 Å². The van der Waals surface area contributed by atoms with E-state index in [-0.39, 0.29) is 18.8 Å². The first kappa shape index (κ1) is 25.3. The molecule has 0 aliphatic carbocycles. The zero-order chi connectivity index (χ0) is 22.0. The molecular weight excluding hydrogens is 372 g/mol. The predicted molar refractivity (Wildman–Crippen MR) is 99.1 cm³/mol. The van der Waals surface area contributed by atoms with Gasteiger partial charge in [-0.15, -0.1) is 0 Å². The van der Waals surface area contributed by atoms with Gasteiger partial charge in [0.25, 0.3) is 0 Å². The standard InChI is InChI=1S/C17H30N4O7/c1-8(2)7-12(17(27)28)21-16(26)11(5-6-13(22)23)20-15(25)10(4)19-14(24)9(3)18/h8-12H,5-7,18H2,1-4H3,(H,19,24)(H,20,25)(H,21,26)(H,22,23)(H,27,28). The molecule has 0 aliphatic rings. The number of amides is 3. The molecule has 0 saturated carbocycles. The molecule has 0 radical (unpaired) electrons. The summed E-state index contributed by atoms with van der Waals surface area (Å²) in [6.45, 7) is 6.38. The fraction of sp³-hybridized carbons (Fsp3) is 0.706. The molecule has 0 saturated heterocycles. The van der Waals surface area contributed by atoms with E-state index < -0.39 is 60.2 Å². The van der Waals surface area contributed by atoms with Crippen LogP contribution < -0.4 is 21.7 Å². The van der Waals surface area contributed by atoms with Gasteiger partial charge in [-0.2, -0.15) is 0 Å². The zero-order valence-corrected chi connectivity index (χ0v) is 16.5. The van der Waals surface area contributed by atoms with Gasteiger partial charge in [-0.05, 0) is 32.6 Å². The molecule has 7 N–H and O–H groups in total. The highest BCUT2D eigenvalue weighted by molar-refractivity contribution is 5.94. The number of carbonyl (C=O) groups excluding carboxylic acids is 3. The normalized spacial score (nSPS) is 15.1. The fourth-order valence-corrected chi connectivity index (χ4v) is 2.21. The number of nitrogens with two attached hydrogens (primary N) is 1. The second kappa shape index (κ2) is 11.9. The summed E-state index contributed by atoms with van der Waals surface area (Å²) in [5, 5.41) is 25.1. The molecule has 0 aromatic heterocycles. The summed E-state index contributed by atoms with van der Waals surface area (Å²) in [6, 6.07) is -4.31. The van der Waals surface area contributed by atoms with E-state index in [2.05, 4.69) is 16.0 Å².